The van der Waals surface area contributed by atoms with Crippen molar-refractivity contribution in [2.45, 2.75) is 12.5 Å². The molecule has 2 heterocycles. The average molecular weight is 275 g/mol. The minimum absolute atomic E-state index is 0.0620. The Morgan fingerprint density at radius 2 is 2.28 bits per heavy atom. The molecule has 0 amide bonds. The molecule has 0 radical (unpaired) electrons. The summed E-state index contributed by atoms with van der Waals surface area (Å²) in [6.45, 7) is -0.159. The van der Waals surface area contributed by atoms with E-state index < -0.39 is 18.4 Å². The van der Waals surface area contributed by atoms with E-state index in [1.807, 2.05) is 5.32 Å². The molecule has 0 saturated heterocycles. The van der Waals surface area contributed by atoms with Gasteiger partial charge >= 0.3 is 12.0 Å². The van der Waals surface area contributed by atoms with Gasteiger partial charge in [0.05, 0.1) is 12.1 Å². The van der Waals surface area contributed by atoms with Gasteiger partial charge in [0.2, 0.25) is 0 Å². The number of nitrogens with zero attached hydrogens (tertiary/aromatic N) is 1. The van der Waals surface area contributed by atoms with Crippen molar-refractivity contribution in [2.75, 3.05) is 6.61 Å². The third kappa shape index (κ3) is 3.40. The first-order valence-corrected chi connectivity index (χ1v) is 5.46. The van der Waals surface area contributed by atoms with Crippen molar-refractivity contribution >= 4 is 17.6 Å². The smallest absolute Gasteiger partial charge is 0.333 e. The monoisotopic (exact) mass is 274 g/mol. The number of hydrogen-bond donors (Lipinski definition) is 1. The lowest BCUT2D eigenvalue weighted by Crippen LogP contribution is -2.38. The second kappa shape index (κ2) is 4.89. The molecule has 0 fully saturated rings. The van der Waals surface area contributed by atoms with E-state index in [4.69, 9.17) is 11.6 Å². The number of ether oxygens (including phenoxy) is 1. The Labute approximate surface area is 107 Å². The van der Waals surface area contributed by atoms with Crippen molar-refractivity contribution in [1.82, 2.24) is 10.3 Å². The van der Waals surface area contributed by atoms with Gasteiger partial charge in [0.25, 0.3) is 0 Å². The van der Waals surface area contributed by atoms with E-state index in [0.717, 1.165) is 6.08 Å². The zero-order valence-electron chi connectivity index (χ0n) is 9.12. The Morgan fingerprint density at radius 3 is 2.83 bits per heavy atom. The minimum atomic E-state index is -3.19. The molecule has 1 aromatic heterocycles. The Bertz CT molecular complexity index is 488. The Balaban J connectivity index is 2.00. The molecule has 1 N–H and O–H groups in total. The number of carbonyl (C=O) groups excluding carboxylic acids is 1. The number of hydrogen-bond acceptors (Lipinski definition) is 4. The van der Waals surface area contributed by atoms with E-state index in [1.54, 1.807) is 0 Å². The lowest BCUT2D eigenvalue weighted by Gasteiger charge is -2.19. The highest BCUT2D eigenvalue weighted by molar-refractivity contribution is 6.29. The average Bonchev–Trinajstić information content (AvgIpc) is 2.66. The summed E-state index contributed by atoms with van der Waals surface area (Å²) < 4.78 is 31.7. The van der Waals surface area contributed by atoms with Crippen LogP contribution in [0.3, 0.4) is 0 Å². The molecule has 0 atom stereocenters. The molecule has 18 heavy (non-hydrogen) atoms. The molecule has 0 unspecified atom stereocenters. The van der Waals surface area contributed by atoms with Crippen LogP contribution in [0.1, 0.15) is 5.56 Å². The first kappa shape index (κ1) is 12.8. The molecule has 0 spiro atoms. The predicted molar refractivity (Wildman–Crippen MR) is 60.1 cm³/mol. The molecule has 1 aliphatic rings. The summed E-state index contributed by atoms with van der Waals surface area (Å²) in [5.74, 6) is -0.624. The summed E-state index contributed by atoms with van der Waals surface area (Å²) in [6, 6.07) is -0.278. The van der Waals surface area contributed by atoms with Crippen LogP contribution in [0.5, 0.6) is 0 Å². The SMILES string of the molecule is O=C1C=C(NC(F)(F)Cc2ccc(Cl)nc2)CO1. The van der Waals surface area contributed by atoms with Gasteiger partial charge in [-0.05, 0) is 11.6 Å². The number of nitrogens with one attached hydrogen (secondary N) is 1. The molecule has 1 aromatic rings. The van der Waals surface area contributed by atoms with Crippen LogP contribution >= 0.6 is 11.6 Å². The van der Waals surface area contributed by atoms with E-state index in [2.05, 4.69) is 9.72 Å². The van der Waals surface area contributed by atoms with E-state index in [9.17, 15) is 13.6 Å². The van der Waals surface area contributed by atoms with E-state index in [0.29, 0.717) is 5.56 Å². The predicted octanol–water partition coefficient (Wildman–Crippen LogP) is 1.90. The summed E-state index contributed by atoms with van der Waals surface area (Å²) in [5.41, 5.74) is 0.398. The van der Waals surface area contributed by atoms with Crippen LogP contribution in [0, 0.1) is 0 Å². The molecular weight excluding hydrogens is 266 g/mol. The van der Waals surface area contributed by atoms with E-state index >= 15 is 0 Å². The highest BCUT2D eigenvalue weighted by Crippen LogP contribution is 2.20. The minimum Gasteiger partial charge on any atom is -0.456 e. The standard InChI is InChI=1S/C11H9ClF2N2O2/c12-9-2-1-7(5-15-9)4-11(13,14)16-8-3-10(17)18-6-8/h1-3,5,16H,4,6H2. The van der Waals surface area contributed by atoms with Gasteiger partial charge < -0.3 is 10.1 Å². The first-order valence-electron chi connectivity index (χ1n) is 5.08. The fourth-order valence-corrected chi connectivity index (χ4v) is 1.60. The van der Waals surface area contributed by atoms with Crippen molar-refractivity contribution in [2.24, 2.45) is 0 Å². The van der Waals surface area contributed by atoms with E-state index in [-0.39, 0.29) is 17.5 Å². The van der Waals surface area contributed by atoms with Crippen molar-refractivity contribution in [3.05, 3.63) is 40.8 Å². The molecule has 2 rings (SSSR count). The van der Waals surface area contributed by atoms with Crippen molar-refractivity contribution in [1.29, 1.82) is 0 Å². The molecule has 0 saturated carbocycles. The van der Waals surface area contributed by atoms with Crippen LogP contribution in [0.15, 0.2) is 30.1 Å². The Kier molecular flexibility index (Phi) is 3.47. The van der Waals surface area contributed by atoms with Crippen molar-refractivity contribution in [3.8, 4) is 0 Å². The van der Waals surface area contributed by atoms with Gasteiger partial charge in [-0.25, -0.2) is 9.78 Å². The molecule has 1 aliphatic heterocycles. The lowest BCUT2D eigenvalue weighted by atomic mass is 10.2. The van der Waals surface area contributed by atoms with Gasteiger partial charge in [0, 0.05) is 12.3 Å². The Morgan fingerprint density at radius 1 is 1.50 bits per heavy atom. The third-order valence-corrected chi connectivity index (χ3v) is 2.44. The molecule has 0 bridgehead atoms. The van der Waals surface area contributed by atoms with Crippen LogP contribution < -0.4 is 5.32 Å². The molecule has 7 heteroatoms. The number of alkyl halides is 2. The Hall–Kier alpha value is -1.69. The molecule has 4 nitrogen and oxygen atoms in total. The maximum Gasteiger partial charge on any atom is 0.333 e. The summed E-state index contributed by atoms with van der Waals surface area (Å²) >= 11 is 5.56. The fourth-order valence-electron chi connectivity index (χ4n) is 1.49. The van der Waals surface area contributed by atoms with Gasteiger partial charge in [0.15, 0.2) is 0 Å². The first-order chi connectivity index (χ1) is 8.44. The van der Waals surface area contributed by atoms with Gasteiger partial charge in [-0.3, -0.25) is 0 Å². The summed E-state index contributed by atoms with van der Waals surface area (Å²) in [4.78, 5) is 14.4. The normalized spacial score (nSPS) is 15.3. The second-order valence-electron chi connectivity index (χ2n) is 3.77. The molecule has 96 valence electrons. The summed E-state index contributed by atoms with van der Waals surface area (Å²) in [7, 11) is 0. The summed E-state index contributed by atoms with van der Waals surface area (Å²) in [6.07, 6.45) is 1.74. The number of halogens is 3. The second-order valence-corrected chi connectivity index (χ2v) is 4.16. The highest BCUT2D eigenvalue weighted by Gasteiger charge is 2.31. The number of aromatic nitrogens is 1. The molecular formula is C11H9ClF2N2O2. The van der Waals surface area contributed by atoms with Gasteiger partial charge in [0.1, 0.15) is 11.8 Å². The maximum atomic E-state index is 13.6. The number of cyclic esters (lactones) is 1. The number of pyridine rings is 1. The van der Waals surface area contributed by atoms with Crippen LogP contribution in [-0.4, -0.2) is 23.6 Å². The molecule has 0 aromatic carbocycles. The summed E-state index contributed by atoms with van der Waals surface area (Å²) in [5, 5.41) is 2.21. The molecule has 0 aliphatic carbocycles. The van der Waals surface area contributed by atoms with Crippen LogP contribution in [0.25, 0.3) is 0 Å². The largest absolute Gasteiger partial charge is 0.456 e. The van der Waals surface area contributed by atoms with Crippen LogP contribution in [-0.2, 0) is 16.0 Å². The van der Waals surface area contributed by atoms with Crippen LogP contribution in [0.4, 0.5) is 8.78 Å². The van der Waals surface area contributed by atoms with Gasteiger partial charge in [-0.1, -0.05) is 17.7 Å². The maximum absolute atomic E-state index is 13.6. The number of esters is 1. The number of rotatable bonds is 4. The lowest BCUT2D eigenvalue weighted by molar-refractivity contribution is -0.135. The highest BCUT2D eigenvalue weighted by atomic mass is 35.5. The quantitative estimate of drug-likeness (QED) is 0.518. The number of carbonyl (C=O) groups is 1. The fraction of sp³-hybridized carbons (Fsp3) is 0.273. The third-order valence-electron chi connectivity index (χ3n) is 2.22. The topological polar surface area (TPSA) is 51.2 Å². The van der Waals surface area contributed by atoms with E-state index in [1.165, 1.54) is 18.3 Å². The van der Waals surface area contributed by atoms with Gasteiger partial charge in [-0.15, -0.1) is 0 Å². The zero-order chi connectivity index (χ0) is 13.2. The zero-order valence-corrected chi connectivity index (χ0v) is 9.88. The van der Waals surface area contributed by atoms with Crippen LogP contribution in [0.2, 0.25) is 5.15 Å². The van der Waals surface area contributed by atoms with Crippen molar-refractivity contribution in [3.63, 3.8) is 0 Å². The van der Waals surface area contributed by atoms with Gasteiger partial charge in [-0.2, -0.15) is 8.78 Å². The van der Waals surface area contributed by atoms with Crippen molar-refractivity contribution < 1.29 is 18.3 Å².